The third-order valence-electron chi connectivity index (χ3n) is 5.70. The molecule has 33 heavy (non-hydrogen) atoms. The molecule has 1 unspecified atom stereocenters. The Labute approximate surface area is 214 Å². The maximum Gasteiger partial charge on any atom is 0.191 e. The van der Waals surface area contributed by atoms with Crippen LogP contribution in [0.1, 0.15) is 37.0 Å². The fourth-order valence-electron chi connectivity index (χ4n) is 3.90. The molecule has 3 rings (SSSR count). The highest BCUT2D eigenvalue weighted by atomic mass is 127. The van der Waals surface area contributed by atoms with Gasteiger partial charge in [0.15, 0.2) is 5.96 Å². The zero-order valence-electron chi connectivity index (χ0n) is 19.8. The van der Waals surface area contributed by atoms with Gasteiger partial charge in [-0.05, 0) is 43.0 Å². The SMILES string of the molecule is CCNC(=NCC(O)c1cc(OC)cc(OC)c1)NC1CCN(Cc2ccccc2)CC1.I. The maximum atomic E-state index is 10.7. The minimum atomic E-state index is -0.748. The number of piperidine rings is 1. The Hall–Kier alpha value is -2.04. The molecule has 3 N–H and O–H groups in total. The van der Waals surface area contributed by atoms with Crippen LogP contribution in [0.5, 0.6) is 11.5 Å². The van der Waals surface area contributed by atoms with Gasteiger partial charge in [0, 0.05) is 38.3 Å². The number of nitrogens with zero attached hydrogens (tertiary/aromatic N) is 2. The van der Waals surface area contributed by atoms with Crippen molar-refractivity contribution in [1.29, 1.82) is 0 Å². The topological polar surface area (TPSA) is 78.4 Å². The second kappa shape index (κ2) is 14.3. The van der Waals surface area contributed by atoms with E-state index in [4.69, 9.17) is 9.47 Å². The average molecular weight is 569 g/mol. The summed E-state index contributed by atoms with van der Waals surface area (Å²) in [5, 5.41) is 17.5. The van der Waals surface area contributed by atoms with Gasteiger partial charge in [0.1, 0.15) is 11.5 Å². The summed E-state index contributed by atoms with van der Waals surface area (Å²) >= 11 is 0. The second-order valence-electron chi connectivity index (χ2n) is 8.06. The van der Waals surface area contributed by atoms with Crippen LogP contribution in [0.2, 0.25) is 0 Å². The summed E-state index contributed by atoms with van der Waals surface area (Å²) in [5.74, 6) is 2.03. The van der Waals surface area contributed by atoms with Gasteiger partial charge in [-0.1, -0.05) is 30.3 Å². The van der Waals surface area contributed by atoms with E-state index in [9.17, 15) is 5.11 Å². The first-order valence-corrected chi connectivity index (χ1v) is 11.3. The number of likely N-dealkylation sites (tertiary alicyclic amines) is 1. The lowest BCUT2D eigenvalue weighted by molar-refractivity contribution is 0.185. The smallest absolute Gasteiger partial charge is 0.191 e. The van der Waals surface area contributed by atoms with Crippen LogP contribution < -0.4 is 20.1 Å². The quantitative estimate of drug-likeness (QED) is 0.244. The number of nitrogens with one attached hydrogen (secondary N) is 2. The van der Waals surface area contributed by atoms with E-state index in [2.05, 4.69) is 50.9 Å². The van der Waals surface area contributed by atoms with Crippen LogP contribution in [-0.4, -0.2) is 62.4 Å². The van der Waals surface area contributed by atoms with Crippen molar-refractivity contribution in [1.82, 2.24) is 15.5 Å². The lowest BCUT2D eigenvalue weighted by Crippen LogP contribution is -2.48. The molecule has 1 aliphatic rings. The molecule has 0 saturated carbocycles. The number of aliphatic hydroxyl groups is 1. The van der Waals surface area contributed by atoms with Gasteiger partial charge in [0.2, 0.25) is 0 Å². The number of ether oxygens (including phenoxy) is 2. The monoisotopic (exact) mass is 568 g/mol. The largest absolute Gasteiger partial charge is 0.497 e. The summed E-state index contributed by atoms with van der Waals surface area (Å²) in [6.45, 7) is 6.16. The normalized spacial score (nSPS) is 15.9. The molecule has 1 atom stereocenters. The zero-order chi connectivity index (χ0) is 22.8. The molecule has 182 valence electrons. The first-order chi connectivity index (χ1) is 15.6. The van der Waals surface area contributed by atoms with E-state index in [0.29, 0.717) is 17.5 Å². The summed E-state index contributed by atoms with van der Waals surface area (Å²) in [7, 11) is 3.20. The van der Waals surface area contributed by atoms with Gasteiger partial charge in [-0.25, -0.2) is 0 Å². The van der Waals surface area contributed by atoms with Crippen molar-refractivity contribution >= 4 is 29.9 Å². The molecule has 1 aliphatic heterocycles. The van der Waals surface area contributed by atoms with Gasteiger partial charge in [0.05, 0.1) is 26.9 Å². The van der Waals surface area contributed by atoms with Crippen molar-refractivity contribution in [3.8, 4) is 11.5 Å². The molecule has 1 saturated heterocycles. The predicted octanol–water partition coefficient (Wildman–Crippen LogP) is 3.57. The summed E-state index contributed by atoms with van der Waals surface area (Å²) in [4.78, 5) is 7.13. The van der Waals surface area contributed by atoms with Gasteiger partial charge in [-0.15, -0.1) is 24.0 Å². The number of benzene rings is 2. The fourth-order valence-corrected chi connectivity index (χ4v) is 3.90. The number of hydrogen-bond donors (Lipinski definition) is 3. The Morgan fingerprint density at radius 3 is 2.30 bits per heavy atom. The first kappa shape index (κ1) is 27.2. The minimum absolute atomic E-state index is 0. The number of guanidine groups is 1. The van der Waals surface area contributed by atoms with Crippen LogP contribution in [0, 0.1) is 0 Å². The van der Waals surface area contributed by atoms with Gasteiger partial charge in [-0.3, -0.25) is 9.89 Å². The Balaban J connectivity index is 0.00000385. The first-order valence-electron chi connectivity index (χ1n) is 11.3. The van der Waals surface area contributed by atoms with E-state index in [1.165, 1.54) is 5.56 Å². The molecule has 1 fully saturated rings. The molecular weight excluding hydrogens is 531 g/mol. The third kappa shape index (κ3) is 8.68. The van der Waals surface area contributed by atoms with Crippen molar-refractivity contribution in [2.45, 2.75) is 38.5 Å². The van der Waals surface area contributed by atoms with Crippen LogP contribution in [0.25, 0.3) is 0 Å². The van der Waals surface area contributed by atoms with E-state index in [-0.39, 0.29) is 30.5 Å². The number of hydrogen-bond acceptors (Lipinski definition) is 5. The highest BCUT2D eigenvalue weighted by molar-refractivity contribution is 14.0. The van der Waals surface area contributed by atoms with Gasteiger partial charge >= 0.3 is 0 Å². The highest BCUT2D eigenvalue weighted by Gasteiger charge is 2.20. The number of halogens is 1. The molecule has 0 aliphatic carbocycles. The summed E-state index contributed by atoms with van der Waals surface area (Å²) in [5.41, 5.74) is 2.08. The Kier molecular flexibility index (Phi) is 11.8. The minimum Gasteiger partial charge on any atom is -0.497 e. The fraction of sp³-hybridized carbons (Fsp3) is 0.480. The van der Waals surface area contributed by atoms with E-state index < -0.39 is 6.10 Å². The molecule has 1 heterocycles. The molecule has 2 aromatic rings. The standard InChI is InChI=1S/C25H36N4O3.HI/c1-4-26-25(27-17-24(30)20-14-22(31-2)16-23(15-20)32-3)28-21-10-12-29(13-11-21)18-19-8-6-5-7-9-19;/h5-9,14-16,21,24,30H,4,10-13,17-18H2,1-3H3,(H2,26,27,28);1H. The molecule has 2 aromatic carbocycles. The average Bonchev–Trinajstić information content (AvgIpc) is 2.84. The van der Waals surface area contributed by atoms with E-state index in [1.807, 2.05) is 19.1 Å². The summed E-state index contributed by atoms with van der Waals surface area (Å²) < 4.78 is 10.6. The molecule has 0 radical (unpaired) electrons. The lowest BCUT2D eigenvalue weighted by atomic mass is 10.0. The van der Waals surface area contributed by atoms with Crippen LogP contribution >= 0.6 is 24.0 Å². The van der Waals surface area contributed by atoms with Crippen LogP contribution in [0.15, 0.2) is 53.5 Å². The van der Waals surface area contributed by atoms with E-state index >= 15 is 0 Å². The highest BCUT2D eigenvalue weighted by Crippen LogP contribution is 2.26. The van der Waals surface area contributed by atoms with Crippen molar-refractivity contribution in [3.05, 3.63) is 59.7 Å². The van der Waals surface area contributed by atoms with Crippen LogP contribution in [0.3, 0.4) is 0 Å². The lowest BCUT2D eigenvalue weighted by Gasteiger charge is -2.33. The molecule has 8 heteroatoms. The second-order valence-corrected chi connectivity index (χ2v) is 8.06. The van der Waals surface area contributed by atoms with Crippen molar-refractivity contribution in [2.75, 3.05) is 40.4 Å². The van der Waals surface area contributed by atoms with Gasteiger partial charge in [-0.2, -0.15) is 0 Å². The maximum absolute atomic E-state index is 10.7. The van der Waals surface area contributed by atoms with Gasteiger partial charge in [0.25, 0.3) is 0 Å². The number of aliphatic hydroxyl groups excluding tert-OH is 1. The molecule has 0 amide bonds. The van der Waals surface area contributed by atoms with Crippen molar-refractivity contribution in [3.63, 3.8) is 0 Å². The zero-order valence-corrected chi connectivity index (χ0v) is 22.1. The summed E-state index contributed by atoms with van der Waals surface area (Å²) in [6.07, 6.45) is 1.38. The van der Waals surface area contributed by atoms with Crippen molar-refractivity contribution in [2.24, 2.45) is 4.99 Å². The van der Waals surface area contributed by atoms with E-state index in [1.54, 1.807) is 20.3 Å². The number of aliphatic imine (C=N–C) groups is 1. The molecular formula is C25H37IN4O3. The molecule has 0 spiro atoms. The van der Waals surface area contributed by atoms with Gasteiger partial charge < -0.3 is 25.2 Å². The van der Waals surface area contributed by atoms with Crippen LogP contribution in [0.4, 0.5) is 0 Å². The van der Waals surface area contributed by atoms with Crippen LogP contribution in [-0.2, 0) is 6.54 Å². The molecule has 0 aromatic heterocycles. The van der Waals surface area contributed by atoms with Crippen molar-refractivity contribution < 1.29 is 14.6 Å². The van der Waals surface area contributed by atoms with E-state index in [0.717, 1.165) is 50.5 Å². The Morgan fingerprint density at radius 2 is 1.73 bits per heavy atom. The summed E-state index contributed by atoms with van der Waals surface area (Å²) in [6, 6.07) is 16.4. The third-order valence-corrected chi connectivity index (χ3v) is 5.70. The molecule has 0 bridgehead atoms. The number of methoxy groups -OCH3 is 2. The number of rotatable bonds is 9. The Morgan fingerprint density at radius 1 is 1.09 bits per heavy atom. The predicted molar refractivity (Wildman–Crippen MR) is 144 cm³/mol. The molecule has 7 nitrogen and oxygen atoms in total. The Bertz CT molecular complexity index is 836.